The van der Waals surface area contributed by atoms with Crippen molar-refractivity contribution in [3.63, 3.8) is 0 Å². The first-order valence-electron chi connectivity index (χ1n) is 10.7. The number of amides is 1. The lowest BCUT2D eigenvalue weighted by molar-refractivity contribution is -0.139. The van der Waals surface area contributed by atoms with Crippen LogP contribution in [0.1, 0.15) is 90.9 Å². The number of nitrogens with zero attached hydrogens (tertiary/aromatic N) is 1. The van der Waals surface area contributed by atoms with E-state index in [-0.39, 0.29) is 5.91 Å². The average Bonchev–Trinajstić information content (AvgIpc) is 2.67. The maximum Gasteiger partial charge on any atom is 0.326 e. The molecule has 1 aromatic carbocycles. The van der Waals surface area contributed by atoms with Crippen LogP contribution in [0.2, 0.25) is 0 Å². The van der Waals surface area contributed by atoms with E-state index in [0.29, 0.717) is 12.1 Å². The molecule has 0 bridgehead atoms. The van der Waals surface area contributed by atoms with Gasteiger partial charge in [0, 0.05) is 12.1 Å². The van der Waals surface area contributed by atoms with Gasteiger partial charge in [-0.1, -0.05) is 89.3 Å². The van der Waals surface area contributed by atoms with Crippen molar-refractivity contribution in [2.45, 2.75) is 96.9 Å². The third kappa shape index (κ3) is 9.60. The minimum atomic E-state index is -0.980. The summed E-state index contributed by atoms with van der Waals surface area (Å²) in [4.78, 5) is 25.4. The van der Waals surface area contributed by atoms with E-state index in [2.05, 4.69) is 6.92 Å². The highest BCUT2D eigenvalue weighted by Crippen LogP contribution is 2.19. The van der Waals surface area contributed by atoms with Gasteiger partial charge in [-0.25, -0.2) is 4.79 Å². The van der Waals surface area contributed by atoms with Crippen LogP contribution in [0.4, 0.5) is 5.69 Å². The van der Waals surface area contributed by atoms with E-state index in [0.717, 1.165) is 19.3 Å². The van der Waals surface area contributed by atoms with E-state index < -0.39 is 12.0 Å². The number of hydrogen-bond donors (Lipinski definition) is 1. The number of benzene rings is 1. The van der Waals surface area contributed by atoms with Crippen molar-refractivity contribution in [2.24, 2.45) is 0 Å². The van der Waals surface area contributed by atoms with Crippen molar-refractivity contribution in [1.82, 2.24) is 0 Å². The fourth-order valence-electron chi connectivity index (χ4n) is 3.34. The number of unbranched alkanes of at least 4 members (excludes halogenated alkanes) is 10. The van der Waals surface area contributed by atoms with Gasteiger partial charge in [0.15, 0.2) is 0 Å². The van der Waals surface area contributed by atoms with Crippen LogP contribution >= 0.6 is 0 Å². The Labute approximate surface area is 165 Å². The molecule has 0 aliphatic heterocycles. The highest BCUT2D eigenvalue weighted by molar-refractivity contribution is 5.98. The largest absolute Gasteiger partial charge is 0.480 e. The predicted octanol–water partition coefficient (Wildman–Crippen LogP) is 6.19. The lowest BCUT2D eigenvalue weighted by Crippen LogP contribution is -2.43. The lowest BCUT2D eigenvalue weighted by atomic mass is 10.0. The van der Waals surface area contributed by atoms with Crippen LogP contribution in [-0.2, 0) is 9.59 Å². The Hall–Kier alpha value is -1.84. The zero-order chi connectivity index (χ0) is 19.9. The second kappa shape index (κ2) is 14.2. The standard InChI is InChI=1S/C23H37NO3/c1-3-4-5-6-7-8-9-10-11-12-16-19-22(25)24(20(2)23(26)27)21-17-14-13-15-18-21/h13-15,17-18,20H,3-12,16,19H2,1-2H3,(H,26,27)/t20-/m1/s1. The first kappa shape index (κ1) is 23.2. The minimum Gasteiger partial charge on any atom is -0.480 e. The van der Waals surface area contributed by atoms with Gasteiger partial charge in [-0.3, -0.25) is 9.69 Å². The van der Waals surface area contributed by atoms with E-state index in [1.807, 2.05) is 18.2 Å². The van der Waals surface area contributed by atoms with Crippen molar-refractivity contribution in [2.75, 3.05) is 4.90 Å². The molecular weight excluding hydrogens is 338 g/mol. The molecule has 1 aromatic rings. The number of hydrogen-bond acceptors (Lipinski definition) is 2. The molecule has 1 amide bonds. The van der Waals surface area contributed by atoms with Gasteiger partial charge < -0.3 is 5.11 Å². The molecule has 1 atom stereocenters. The summed E-state index contributed by atoms with van der Waals surface area (Å²) in [6.07, 6.45) is 14.0. The molecule has 0 aliphatic carbocycles. The summed E-state index contributed by atoms with van der Waals surface area (Å²) in [7, 11) is 0. The number of carbonyl (C=O) groups excluding carboxylic acids is 1. The summed E-state index contributed by atoms with van der Waals surface area (Å²) in [5.74, 6) is -1.09. The number of aliphatic carboxylic acids is 1. The van der Waals surface area contributed by atoms with Crippen LogP contribution in [-0.4, -0.2) is 23.0 Å². The number of carboxylic acid groups (broad SMARTS) is 1. The Balaban J connectivity index is 2.26. The Morgan fingerprint density at radius 2 is 1.33 bits per heavy atom. The lowest BCUT2D eigenvalue weighted by Gasteiger charge is -2.26. The molecule has 4 nitrogen and oxygen atoms in total. The van der Waals surface area contributed by atoms with Crippen LogP contribution < -0.4 is 4.90 Å². The summed E-state index contributed by atoms with van der Waals surface area (Å²) in [6.45, 7) is 3.81. The summed E-state index contributed by atoms with van der Waals surface area (Å²) in [5.41, 5.74) is 0.653. The predicted molar refractivity (Wildman–Crippen MR) is 112 cm³/mol. The Morgan fingerprint density at radius 3 is 1.81 bits per heavy atom. The van der Waals surface area contributed by atoms with Crippen molar-refractivity contribution < 1.29 is 14.7 Å². The Bertz CT molecular complexity index is 530. The molecular formula is C23H37NO3. The van der Waals surface area contributed by atoms with E-state index in [4.69, 9.17) is 0 Å². The van der Waals surface area contributed by atoms with Gasteiger partial charge in [0.05, 0.1) is 0 Å². The van der Waals surface area contributed by atoms with E-state index in [1.54, 1.807) is 19.1 Å². The normalized spacial score (nSPS) is 11.9. The molecule has 0 unspecified atom stereocenters. The van der Waals surface area contributed by atoms with E-state index in [1.165, 1.54) is 56.3 Å². The SMILES string of the molecule is CCCCCCCCCCCCCC(=O)N(c1ccccc1)[C@H](C)C(=O)O. The summed E-state index contributed by atoms with van der Waals surface area (Å²) >= 11 is 0. The highest BCUT2D eigenvalue weighted by Gasteiger charge is 2.26. The van der Waals surface area contributed by atoms with Crippen molar-refractivity contribution in [3.05, 3.63) is 30.3 Å². The zero-order valence-electron chi connectivity index (χ0n) is 17.2. The molecule has 27 heavy (non-hydrogen) atoms. The fraction of sp³-hybridized carbons (Fsp3) is 0.652. The molecule has 0 aliphatic rings. The van der Waals surface area contributed by atoms with Crippen LogP contribution in [0, 0.1) is 0 Å². The molecule has 0 spiro atoms. The Kier molecular flexibility index (Phi) is 12.2. The van der Waals surface area contributed by atoms with Gasteiger partial charge in [-0.15, -0.1) is 0 Å². The second-order valence-electron chi connectivity index (χ2n) is 7.40. The van der Waals surface area contributed by atoms with E-state index in [9.17, 15) is 14.7 Å². The van der Waals surface area contributed by atoms with Gasteiger partial charge in [-0.2, -0.15) is 0 Å². The maximum atomic E-state index is 12.6. The average molecular weight is 376 g/mol. The smallest absolute Gasteiger partial charge is 0.326 e. The number of para-hydroxylation sites is 1. The van der Waals surface area contributed by atoms with Crippen LogP contribution in [0.25, 0.3) is 0 Å². The zero-order valence-corrected chi connectivity index (χ0v) is 17.2. The maximum absolute atomic E-state index is 12.6. The molecule has 1 N–H and O–H groups in total. The molecule has 0 aromatic heterocycles. The first-order valence-corrected chi connectivity index (χ1v) is 10.7. The molecule has 152 valence electrons. The minimum absolute atomic E-state index is 0.105. The third-order valence-corrected chi connectivity index (χ3v) is 5.04. The number of carboxylic acids is 1. The quantitative estimate of drug-likeness (QED) is 0.372. The molecule has 1 rings (SSSR count). The number of anilines is 1. The Morgan fingerprint density at radius 1 is 0.852 bits per heavy atom. The summed E-state index contributed by atoms with van der Waals surface area (Å²) < 4.78 is 0. The van der Waals surface area contributed by atoms with Gasteiger partial charge >= 0.3 is 5.97 Å². The fourth-order valence-corrected chi connectivity index (χ4v) is 3.34. The monoisotopic (exact) mass is 375 g/mol. The second-order valence-corrected chi connectivity index (χ2v) is 7.40. The summed E-state index contributed by atoms with van der Waals surface area (Å²) in [5, 5.41) is 9.33. The van der Waals surface area contributed by atoms with Gasteiger partial charge in [-0.05, 0) is 25.5 Å². The molecule has 0 heterocycles. The van der Waals surface area contributed by atoms with Crippen molar-refractivity contribution in [3.8, 4) is 0 Å². The topological polar surface area (TPSA) is 57.6 Å². The van der Waals surface area contributed by atoms with Crippen LogP contribution in [0.15, 0.2) is 30.3 Å². The number of carbonyl (C=O) groups is 2. The molecule has 0 radical (unpaired) electrons. The van der Waals surface area contributed by atoms with E-state index >= 15 is 0 Å². The molecule has 0 saturated carbocycles. The molecule has 0 fully saturated rings. The van der Waals surface area contributed by atoms with Gasteiger partial charge in [0.2, 0.25) is 5.91 Å². The van der Waals surface area contributed by atoms with Crippen molar-refractivity contribution in [1.29, 1.82) is 0 Å². The summed E-state index contributed by atoms with van der Waals surface area (Å²) in [6, 6.07) is 8.24. The highest BCUT2D eigenvalue weighted by atomic mass is 16.4. The molecule has 4 heteroatoms. The molecule has 0 saturated heterocycles. The third-order valence-electron chi connectivity index (χ3n) is 5.04. The first-order chi connectivity index (χ1) is 13.1. The van der Waals surface area contributed by atoms with Crippen LogP contribution in [0.5, 0.6) is 0 Å². The van der Waals surface area contributed by atoms with Crippen LogP contribution in [0.3, 0.4) is 0 Å². The van der Waals surface area contributed by atoms with Crippen molar-refractivity contribution >= 4 is 17.6 Å². The number of rotatable bonds is 15. The van der Waals surface area contributed by atoms with Gasteiger partial charge in [0.25, 0.3) is 0 Å². The van der Waals surface area contributed by atoms with Gasteiger partial charge in [0.1, 0.15) is 6.04 Å².